The predicted octanol–water partition coefficient (Wildman–Crippen LogP) is 1.91. The number of aryl methyl sites for hydroxylation is 3. The van der Waals surface area contributed by atoms with Crippen LogP contribution in [0.3, 0.4) is 0 Å². The van der Waals surface area contributed by atoms with Gasteiger partial charge in [0, 0.05) is 7.05 Å². The molecule has 0 aliphatic rings. The van der Waals surface area contributed by atoms with Crippen molar-refractivity contribution in [1.82, 2.24) is 9.78 Å². The monoisotopic (exact) mass is 256 g/mol. The average molecular weight is 257 g/mol. The highest BCUT2D eigenvalue weighted by Crippen LogP contribution is 2.24. The fraction of sp³-hybridized carbons (Fsp3) is 0.333. The summed E-state index contributed by atoms with van der Waals surface area (Å²) in [5.41, 5.74) is 1.90. The fourth-order valence-electron chi connectivity index (χ4n) is 1.58. The molecule has 4 nitrogen and oxygen atoms in total. The second-order valence-electron chi connectivity index (χ2n) is 3.22. The van der Waals surface area contributed by atoms with Crippen molar-refractivity contribution in [3.63, 3.8) is 0 Å². The molecule has 2 rings (SSSR count). The molecule has 0 aliphatic carbocycles. The van der Waals surface area contributed by atoms with E-state index in [0.29, 0.717) is 10.2 Å². The van der Waals surface area contributed by atoms with Crippen molar-refractivity contribution in [2.75, 3.05) is 0 Å². The first-order valence-corrected chi connectivity index (χ1v) is 4.94. The molecule has 0 saturated carbocycles. The lowest BCUT2D eigenvalue weighted by molar-refractivity contribution is 0.519. The third-order valence-electron chi connectivity index (χ3n) is 2.24. The van der Waals surface area contributed by atoms with Gasteiger partial charge in [0.15, 0.2) is 0 Å². The van der Waals surface area contributed by atoms with E-state index in [9.17, 15) is 4.79 Å². The van der Waals surface area contributed by atoms with Crippen LogP contribution >= 0.6 is 15.9 Å². The Balaban J connectivity index is 3.09. The molecule has 0 N–H and O–H groups in total. The van der Waals surface area contributed by atoms with E-state index in [0.717, 1.165) is 16.6 Å². The predicted molar refractivity (Wildman–Crippen MR) is 56.4 cm³/mol. The molecule has 0 amide bonds. The summed E-state index contributed by atoms with van der Waals surface area (Å²) in [6.07, 6.45) is 0. The van der Waals surface area contributed by atoms with Gasteiger partial charge in [-0.15, -0.1) is 0 Å². The molecule has 0 radical (unpaired) electrons. The van der Waals surface area contributed by atoms with Gasteiger partial charge in [-0.25, -0.2) is 9.48 Å². The summed E-state index contributed by atoms with van der Waals surface area (Å²) in [4.78, 5) is 11.4. The lowest BCUT2D eigenvalue weighted by atomic mass is 10.2. The van der Waals surface area contributed by atoms with Crippen LogP contribution in [0.25, 0.3) is 11.1 Å². The molecule has 0 aromatic carbocycles. The van der Waals surface area contributed by atoms with Crippen molar-refractivity contribution in [1.29, 1.82) is 0 Å². The highest BCUT2D eigenvalue weighted by Gasteiger charge is 2.14. The van der Waals surface area contributed by atoms with Crippen molar-refractivity contribution >= 4 is 27.0 Å². The summed E-state index contributed by atoms with van der Waals surface area (Å²) in [7, 11) is 1.76. The minimum atomic E-state index is -0.363. The molecule has 0 atom stereocenters. The molecular formula is C9H9BrN2O2. The third kappa shape index (κ3) is 1.12. The number of rotatable bonds is 0. The van der Waals surface area contributed by atoms with E-state index in [1.165, 1.54) is 0 Å². The largest absolute Gasteiger partial charge is 0.403 e. The molecule has 5 heteroatoms. The van der Waals surface area contributed by atoms with Gasteiger partial charge in [-0.3, -0.25) is 0 Å². The van der Waals surface area contributed by atoms with Gasteiger partial charge in [-0.05, 0) is 35.3 Å². The lowest BCUT2D eigenvalue weighted by Gasteiger charge is -1.98. The molecule has 2 aromatic heterocycles. The van der Waals surface area contributed by atoms with Crippen molar-refractivity contribution in [3.8, 4) is 0 Å². The standard InChI is InChI=1S/C9H9BrN2O2/c1-4-6-5(2)11-12(3)8(6)14-9(13)7(4)10/h1-3H3. The van der Waals surface area contributed by atoms with Crippen LogP contribution in [0.4, 0.5) is 0 Å². The maximum absolute atomic E-state index is 11.4. The highest BCUT2D eigenvalue weighted by molar-refractivity contribution is 9.10. The minimum Gasteiger partial charge on any atom is -0.403 e. The summed E-state index contributed by atoms with van der Waals surface area (Å²) in [5.74, 6) is 0. The number of hydrogen-bond donors (Lipinski definition) is 0. The molecule has 0 saturated heterocycles. The molecule has 2 heterocycles. The molecule has 0 fully saturated rings. The van der Waals surface area contributed by atoms with Gasteiger partial charge in [0.2, 0.25) is 5.71 Å². The second-order valence-corrected chi connectivity index (χ2v) is 4.01. The lowest BCUT2D eigenvalue weighted by Crippen LogP contribution is -2.03. The SMILES string of the molecule is Cc1nn(C)c2oc(=O)c(Br)c(C)c12. The number of halogens is 1. The van der Waals surface area contributed by atoms with Gasteiger partial charge < -0.3 is 4.42 Å². The van der Waals surface area contributed by atoms with Crippen molar-refractivity contribution in [2.24, 2.45) is 7.05 Å². The Morgan fingerprint density at radius 3 is 2.71 bits per heavy atom. The van der Waals surface area contributed by atoms with Gasteiger partial charge in [0.25, 0.3) is 0 Å². The van der Waals surface area contributed by atoms with Gasteiger partial charge in [0.05, 0.1) is 11.1 Å². The Labute approximate surface area is 88.6 Å². The van der Waals surface area contributed by atoms with Crippen molar-refractivity contribution in [2.45, 2.75) is 13.8 Å². The van der Waals surface area contributed by atoms with Crippen LogP contribution < -0.4 is 5.63 Å². The fourth-order valence-corrected chi connectivity index (χ4v) is 1.86. The zero-order valence-electron chi connectivity index (χ0n) is 8.09. The van der Waals surface area contributed by atoms with Crippen LogP contribution in [0.5, 0.6) is 0 Å². The smallest absolute Gasteiger partial charge is 0.352 e. The topological polar surface area (TPSA) is 48.0 Å². The molecule has 0 bridgehead atoms. The zero-order valence-corrected chi connectivity index (χ0v) is 9.67. The van der Waals surface area contributed by atoms with Crippen LogP contribution in [0.1, 0.15) is 11.3 Å². The van der Waals surface area contributed by atoms with E-state index >= 15 is 0 Å². The Morgan fingerprint density at radius 1 is 1.43 bits per heavy atom. The Hall–Kier alpha value is -1.10. The van der Waals surface area contributed by atoms with Crippen LogP contribution in [-0.4, -0.2) is 9.78 Å². The molecule has 0 aliphatic heterocycles. The van der Waals surface area contributed by atoms with E-state index in [-0.39, 0.29) is 5.63 Å². The summed E-state index contributed by atoms with van der Waals surface area (Å²) in [6, 6.07) is 0. The van der Waals surface area contributed by atoms with Crippen LogP contribution in [-0.2, 0) is 7.05 Å². The average Bonchev–Trinajstić information content (AvgIpc) is 2.38. The van der Waals surface area contributed by atoms with Gasteiger partial charge in [0.1, 0.15) is 4.47 Å². The molecular weight excluding hydrogens is 248 g/mol. The van der Waals surface area contributed by atoms with Crippen molar-refractivity contribution < 1.29 is 4.42 Å². The van der Waals surface area contributed by atoms with E-state index in [1.807, 2.05) is 13.8 Å². The zero-order chi connectivity index (χ0) is 10.5. The first-order chi connectivity index (χ1) is 6.52. The van der Waals surface area contributed by atoms with Crippen LogP contribution in [0.15, 0.2) is 13.7 Å². The summed E-state index contributed by atoms with van der Waals surface area (Å²) in [6.45, 7) is 3.76. The number of aromatic nitrogens is 2. The maximum atomic E-state index is 11.4. The first kappa shape index (κ1) is 9.45. The number of fused-ring (bicyclic) bond motifs is 1. The summed E-state index contributed by atoms with van der Waals surface area (Å²) >= 11 is 3.20. The van der Waals surface area contributed by atoms with E-state index in [1.54, 1.807) is 11.7 Å². The second kappa shape index (κ2) is 2.95. The van der Waals surface area contributed by atoms with E-state index in [4.69, 9.17) is 4.42 Å². The van der Waals surface area contributed by atoms with Gasteiger partial charge in [-0.1, -0.05) is 0 Å². The summed E-state index contributed by atoms with van der Waals surface area (Å²) < 4.78 is 7.17. The number of hydrogen-bond acceptors (Lipinski definition) is 3. The van der Waals surface area contributed by atoms with Crippen molar-refractivity contribution in [3.05, 3.63) is 26.2 Å². The minimum absolute atomic E-state index is 0.363. The molecule has 0 spiro atoms. The highest BCUT2D eigenvalue weighted by atomic mass is 79.9. The first-order valence-electron chi connectivity index (χ1n) is 4.15. The van der Waals surface area contributed by atoms with E-state index in [2.05, 4.69) is 21.0 Å². The number of nitrogens with zero attached hydrogens (tertiary/aromatic N) is 2. The third-order valence-corrected chi connectivity index (χ3v) is 3.16. The Bertz CT molecular complexity index is 568. The Kier molecular flexibility index (Phi) is 1.99. The van der Waals surface area contributed by atoms with E-state index < -0.39 is 0 Å². The molecule has 14 heavy (non-hydrogen) atoms. The molecule has 0 unspecified atom stereocenters. The van der Waals surface area contributed by atoms with Crippen LogP contribution in [0.2, 0.25) is 0 Å². The summed E-state index contributed by atoms with van der Waals surface area (Å²) in [5, 5.41) is 5.10. The van der Waals surface area contributed by atoms with Crippen LogP contribution in [0, 0.1) is 13.8 Å². The maximum Gasteiger partial charge on any atom is 0.352 e. The Morgan fingerprint density at radius 2 is 2.07 bits per heavy atom. The quantitative estimate of drug-likeness (QED) is 0.724. The normalized spacial score (nSPS) is 11.1. The van der Waals surface area contributed by atoms with Gasteiger partial charge >= 0.3 is 5.63 Å². The van der Waals surface area contributed by atoms with Gasteiger partial charge in [-0.2, -0.15) is 5.10 Å². The molecule has 74 valence electrons. The molecule has 2 aromatic rings.